The van der Waals surface area contributed by atoms with Crippen LogP contribution in [0.5, 0.6) is 0 Å². The fourth-order valence-electron chi connectivity index (χ4n) is 2.57. The van der Waals surface area contributed by atoms with Gasteiger partial charge in [0, 0.05) is 34.3 Å². The van der Waals surface area contributed by atoms with Gasteiger partial charge in [0.1, 0.15) is 0 Å². The molecule has 0 bridgehead atoms. The Balaban J connectivity index is 1.82. The highest BCUT2D eigenvalue weighted by Crippen LogP contribution is 2.30. The van der Waals surface area contributed by atoms with Crippen molar-refractivity contribution in [1.82, 2.24) is 14.8 Å². The average Bonchev–Trinajstić information content (AvgIpc) is 3.09. The highest BCUT2D eigenvalue weighted by molar-refractivity contribution is 9.10. The van der Waals surface area contributed by atoms with Crippen molar-refractivity contribution in [2.24, 2.45) is 0 Å². The number of nitro benzene ring substituents is 1. The molecule has 0 saturated heterocycles. The molecule has 0 saturated carbocycles. The summed E-state index contributed by atoms with van der Waals surface area (Å²) in [6.07, 6.45) is 0. The lowest BCUT2D eigenvalue weighted by molar-refractivity contribution is -0.384. The van der Waals surface area contributed by atoms with Gasteiger partial charge in [0.25, 0.3) is 5.69 Å². The quantitative estimate of drug-likeness (QED) is 0.198. The van der Waals surface area contributed by atoms with E-state index in [0.717, 1.165) is 5.56 Å². The minimum Gasteiger partial charge on any atom is -0.302 e. The van der Waals surface area contributed by atoms with Crippen molar-refractivity contribution >= 4 is 50.8 Å². The number of rotatable bonds is 7. The lowest BCUT2D eigenvalue weighted by Crippen LogP contribution is -2.06. The highest BCUT2D eigenvalue weighted by Gasteiger charge is 2.19. The predicted octanol–water partition coefficient (Wildman–Crippen LogP) is 5.26. The van der Waals surface area contributed by atoms with Gasteiger partial charge in [-0.15, -0.1) is 10.2 Å². The first-order valence-corrected chi connectivity index (χ1v) is 10.4. The number of nitrogens with zero attached hydrogens (tertiary/aromatic N) is 4. The van der Waals surface area contributed by atoms with Crippen molar-refractivity contribution < 1.29 is 9.72 Å². The largest absolute Gasteiger partial charge is 0.302 e. The van der Waals surface area contributed by atoms with Gasteiger partial charge in [-0.25, -0.2) is 0 Å². The van der Waals surface area contributed by atoms with Crippen LogP contribution in [0.1, 0.15) is 17.3 Å². The van der Waals surface area contributed by atoms with Crippen molar-refractivity contribution in [2.45, 2.75) is 18.6 Å². The van der Waals surface area contributed by atoms with E-state index in [1.54, 1.807) is 6.07 Å². The number of hydrogen-bond acceptors (Lipinski definition) is 6. The zero-order valence-corrected chi connectivity index (χ0v) is 17.8. The van der Waals surface area contributed by atoms with E-state index in [4.69, 9.17) is 11.6 Å². The van der Waals surface area contributed by atoms with E-state index >= 15 is 0 Å². The fourth-order valence-corrected chi connectivity index (χ4v) is 4.14. The molecule has 28 heavy (non-hydrogen) atoms. The molecule has 0 aliphatic heterocycles. The maximum Gasteiger partial charge on any atom is 0.270 e. The second-order valence-corrected chi connectivity index (χ2v) is 7.87. The second-order valence-electron chi connectivity index (χ2n) is 5.66. The van der Waals surface area contributed by atoms with Crippen LogP contribution in [-0.2, 0) is 6.54 Å². The van der Waals surface area contributed by atoms with Crippen LogP contribution >= 0.6 is 39.3 Å². The van der Waals surface area contributed by atoms with Crippen molar-refractivity contribution in [2.75, 3.05) is 5.75 Å². The number of thioether (sulfide) groups is 1. The van der Waals surface area contributed by atoms with Crippen LogP contribution in [0.3, 0.4) is 0 Å². The van der Waals surface area contributed by atoms with Gasteiger partial charge in [0.2, 0.25) is 0 Å². The van der Waals surface area contributed by atoms with E-state index in [1.165, 1.54) is 30.0 Å². The number of ketones is 1. The average molecular weight is 482 g/mol. The van der Waals surface area contributed by atoms with Gasteiger partial charge in [-0.05, 0) is 25.1 Å². The number of Topliss-reactive ketones (excluding diaryl/α,β-unsaturated/α-hetero) is 1. The van der Waals surface area contributed by atoms with Crippen molar-refractivity contribution in [1.29, 1.82) is 0 Å². The topological polar surface area (TPSA) is 90.9 Å². The Kier molecular flexibility index (Phi) is 6.48. The van der Waals surface area contributed by atoms with Gasteiger partial charge in [0.15, 0.2) is 16.8 Å². The molecule has 144 valence electrons. The normalized spacial score (nSPS) is 10.8. The maximum absolute atomic E-state index is 12.6. The second kappa shape index (κ2) is 8.85. The zero-order valence-electron chi connectivity index (χ0n) is 14.6. The van der Waals surface area contributed by atoms with E-state index < -0.39 is 4.92 Å². The van der Waals surface area contributed by atoms with E-state index in [1.807, 2.05) is 29.7 Å². The summed E-state index contributed by atoms with van der Waals surface area (Å²) in [5.74, 6) is 0.450. The molecule has 0 spiro atoms. The van der Waals surface area contributed by atoms with E-state index in [2.05, 4.69) is 26.1 Å². The summed E-state index contributed by atoms with van der Waals surface area (Å²) in [7, 11) is 0. The molecule has 3 aromatic rings. The van der Waals surface area contributed by atoms with Crippen LogP contribution in [-0.4, -0.2) is 31.2 Å². The Morgan fingerprint density at radius 1 is 1.29 bits per heavy atom. The molecule has 0 fully saturated rings. The molecule has 0 aliphatic rings. The molecule has 10 heteroatoms. The van der Waals surface area contributed by atoms with Crippen molar-refractivity contribution in [3.8, 4) is 11.4 Å². The van der Waals surface area contributed by atoms with Gasteiger partial charge in [0.05, 0.1) is 15.7 Å². The molecule has 2 aromatic carbocycles. The van der Waals surface area contributed by atoms with Crippen LogP contribution in [0.4, 0.5) is 5.69 Å². The van der Waals surface area contributed by atoms with Gasteiger partial charge in [-0.2, -0.15) is 0 Å². The van der Waals surface area contributed by atoms with Crippen LogP contribution < -0.4 is 0 Å². The smallest absolute Gasteiger partial charge is 0.270 e. The Bertz CT molecular complexity index is 1060. The lowest BCUT2D eigenvalue weighted by atomic mass is 10.1. The Hall–Kier alpha value is -2.23. The Morgan fingerprint density at radius 2 is 2.04 bits per heavy atom. The summed E-state index contributed by atoms with van der Waals surface area (Å²) >= 11 is 10.8. The minimum absolute atomic E-state index is 0.0699. The molecule has 3 rings (SSSR count). The van der Waals surface area contributed by atoms with E-state index in [9.17, 15) is 14.9 Å². The molecule has 7 nitrogen and oxygen atoms in total. The third-order valence-electron chi connectivity index (χ3n) is 3.94. The number of carbonyl (C=O) groups is 1. The van der Waals surface area contributed by atoms with Crippen LogP contribution in [0, 0.1) is 10.1 Å². The van der Waals surface area contributed by atoms with Gasteiger partial charge >= 0.3 is 0 Å². The van der Waals surface area contributed by atoms with Crippen molar-refractivity contribution in [3.05, 3.63) is 67.6 Å². The molecule has 1 heterocycles. The van der Waals surface area contributed by atoms with Crippen LogP contribution in [0.15, 0.2) is 52.1 Å². The number of benzene rings is 2. The molecule has 1 aromatic heterocycles. The minimum atomic E-state index is -0.528. The SMILES string of the molecule is CCn1c(SCC(=O)c2cc([N+](=O)[O-])ccc2Br)nnc1-c1ccccc1Cl. The van der Waals surface area contributed by atoms with Crippen molar-refractivity contribution in [3.63, 3.8) is 0 Å². The molecule has 0 atom stereocenters. The van der Waals surface area contributed by atoms with Crippen LogP contribution in [0.25, 0.3) is 11.4 Å². The zero-order chi connectivity index (χ0) is 20.3. The summed E-state index contributed by atoms with van der Waals surface area (Å²) in [6.45, 7) is 2.55. The molecule has 0 unspecified atom stereocenters. The molecule has 0 aliphatic carbocycles. The molecule has 0 radical (unpaired) electrons. The number of nitro groups is 1. The number of carbonyl (C=O) groups excluding carboxylic acids is 1. The van der Waals surface area contributed by atoms with Gasteiger partial charge < -0.3 is 4.57 Å². The first-order valence-electron chi connectivity index (χ1n) is 8.20. The Labute approximate surface area is 178 Å². The molecular formula is C18H14BrClN4O3S. The first kappa shape index (κ1) is 20.5. The summed E-state index contributed by atoms with van der Waals surface area (Å²) in [5.41, 5.74) is 0.892. The number of hydrogen-bond donors (Lipinski definition) is 0. The van der Waals surface area contributed by atoms with Gasteiger partial charge in [-0.3, -0.25) is 14.9 Å². The summed E-state index contributed by atoms with van der Waals surface area (Å²) < 4.78 is 2.39. The lowest BCUT2D eigenvalue weighted by Gasteiger charge is -2.08. The third-order valence-corrected chi connectivity index (χ3v) is 5.93. The number of non-ortho nitro benzene ring substituents is 1. The summed E-state index contributed by atoms with van der Waals surface area (Å²) in [4.78, 5) is 23.0. The number of halogens is 2. The third kappa shape index (κ3) is 4.26. The van der Waals surface area contributed by atoms with E-state index in [0.29, 0.717) is 27.0 Å². The fraction of sp³-hybridized carbons (Fsp3) is 0.167. The monoisotopic (exact) mass is 480 g/mol. The van der Waals surface area contributed by atoms with E-state index in [-0.39, 0.29) is 22.8 Å². The summed E-state index contributed by atoms with van der Waals surface area (Å²) in [5, 5.41) is 20.5. The first-order chi connectivity index (χ1) is 13.4. The Morgan fingerprint density at radius 3 is 2.71 bits per heavy atom. The molecule has 0 N–H and O–H groups in total. The standard InChI is InChI=1S/C18H14BrClN4O3S/c1-2-23-17(12-5-3-4-6-15(12)20)21-22-18(23)28-10-16(25)13-9-11(24(26)27)7-8-14(13)19/h3-9H,2,10H2,1H3. The molecular weight excluding hydrogens is 468 g/mol. The highest BCUT2D eigenvalue weighted by atomic mass is 79.9. The van der Waals surface area contributed by atoms with Gasteiger partial charge in [-0.1, -0.05) is 51.4 Å². The molecule has 0 amide bonds. The summed E-state index contributed by atoms with van der Waals surface area (Å²) in [6, 6.07) is 11.5. The number of aromatic nitrogens is 3. The van der Waals surface area contributed by atoms with Crippen LogP contribution in [0.2, 0.25) is 5.02 Å². The maximum atomic E-state index is 12.6. The predicted molar refractivity (Wildman–Crippen MR) is 112 cm³/mol.